The minimum Gasteiger partial charge on any atom is -0.397 e. The average molecular weight is 162 g/mol. The second-order valence-corrected chi connectivity index (χ2v) is 2.84. The summed E-state index contributed by atoms with van der Waals surface area (Å²) in [4.78, 5) is 4.24. The van der Waals surface area contributed by atoms with Gasteiger partial charge >= 0.3 is 0 Å². The van der Waals surface area contributed by atoms with Gasteiger partial charge in [0.25, 0.3) is 0 Å². The van der Waals surface area contributed by atoms with Crippen molar-refractivity contribution in [1.82, 2.24) is 9.38 Å². The first-order chi connectivity index (χ1) is 5.66. The van der Waals surface area contributed by atoms with Crippen molar-refractivity contribution in [2.24, 2.45) is 0 Å². The lowest BCUT2D eigenvalue weighted by molar-refractivity contribution is 1.19. The van der Waals surface area contributed by atoms with Gasteiger partial charge in [0.1, 0.15) is 0 Å². The number of aromatic nitrogens is 2. The summed E-state index contributed by atoms with van der Waals surface area (Å²) in [5.74, 6) is 0. The van der Waals surface area contributed by atoms with E-state index in [9.17, 15) is 0 Å². The van der Waals surface area contributed by atoms with Crippen LogP contribution in [0.4, 0.5) is 11.4 Å². The summed E-state index contributed by atoms with van der Waals surface area (Å²) >= 11 is 0. The van der Waals surface area contributed by atoms with Crippen LogP contribution in [0.15, 0.2) is 18.5 Å². The van der Waals surface area contributed by atoms with Gasteiger partial charge in [-0.2, -0.15) is 0 Å². The molecule has 4 N–H and O–H groups in total. The molecule has 0 radical (unpaired) electrons. The van der Waals surface area contributed by atoms with Crippen molar-refractivity contribution in [1.29, 1.82) is 0 Å². The first kappa shape index (κ1) is 6.97. The summed E-state index contributed by atoms with van der Waals surface area (Å²) in [6, 6.07) is 1.71. The number of nitrogens with zero attached hydrogens (tertiary/aromatic N) is 2. The van der Waals surface area contributed by atoms with Crippen LogP contribution in [0, 0.1) is 6.92 Å². The van der Waals surface area contributed by atoms with Crippen LogP contribution >= 0.6 is 0 Å². The fraction of sp³-hybridized carbons (Fsp3) is 0.125. The molecular formula is C8H10N4. The first-order valence-electron chi connectivity index (χ1n) is 3.67. The van der Waals surface area contributed by atoms with Crippen molar-refractivity contribution in [2.45, 2.75) is 6.92 Å². The number of hydrogen-bond acceptors (Lipinski definition) is 3. The third-order valence-electron chi connectivity index (χ3n) is 1.72. The molecule has 0 saturated heterocycles. The van der Waals surface area contributed by atoms with Gasteiger partial charge in [-0.05, 0) is 13.0 Å². The molecule has 4 nitrogen and oxygen atoms in total. The number of aryl methyl sites for hydroxylation is 1. The Morgan fingerprint density at radius 3 is 2.83 bits per heavy atom. The van der Waals surface area contributed by atoms with Crippen molar-refractivity contribution >= 4 is 17.0 Å². The van der Waals surface area contributed by atoms with Gasteiger partial charge in [0.15, 0.2) is 5.65 Å². The molecule has 0 aliphatic rings. The lowest BCUT2D eigenvalue weighted by Gasteiger charge is -1.98. The molecule has 0 saturated carbocycles. The summed E-state index contributed by atoms with van der Waals surface area (Å²) in [7, 11) is 0. The molecule has 12 heavy (non-hydrogen) atoms. The topological polar surface area (TPSA) is 69.3 Å². The number of pyridine rings is 1. The normalized spacial score (nSPS) is 10.8. The number of rotatable bonds is 0. The van der Waals surface area contributed by atoms with Gasteiger partial charge in [-0.15, -0.1) is 0 Å². The van der Waals surface area contributed by atoms with Crippen LogP contribution < -0.4 is 11.5 Å². The van der Waals surface area contributed by atoms with E-state index in [0.29, 0.717) is 11.4 Å². The van der Waals surface area contributed by atoms with E-state index < -0.39 is 0 Å². The molecule has 4 heteroatoms. The van der Waals surface area contributed by atoms with Gasteiger partial charge in [0, 0.05) is 12.4 Å². The molecule has 0 fully saturated rings. The van der Waals surface area contributed by atoms with E-state index in [-0.39, 0.29) is 0 Å². The number of nitrogen functional groups attached to an aromatic ring is 2. The second kappa shape index (κ2) is 2.14. The van der Waals surface area contributed by atoms with Crippen LogP contribution in [0.5, 0.6) is 0 Å². The third kappa shape index (κ3) is 0.887. The van der Waals surface area contributed by atoms with Crippen LogP contribution in [0.3, 0.4) is 0 Å². The van der Waals surface area contributed by atoms with E-state index in [0.717, 1.165) is 11.3 Å². The molecule has 2 aromatic heterocycles. The fourth-order valence-electron chi connectivity index (χ4n) is 1.27. The van der Waals surface area contributed by atoms with E-state index >= 15 is 0 Å². The maximum Gasteiger partial charge on any atom is 0.160 e. The van der Waals surface area contributed by atoms with Gasteiger partial charge in [0.05, 0.1) is 17.1 Å². The summed E-state index contributed by atoms with van der Waals surface area (Å²) in [5, 5.41) is 0. The molecule has 0 amide bonds. The number of fused-ring (bicyclic) bond motifs is 1. The first-order valence-corrected chi connectivity index (χ1v) is 3.67. The zero-order chi connectivity index (χ0) is 8.72. The van der Waals surface area contributed by atoms with Crippen molar-refractivity contribution in [2.75, 3.05) is 11.5 Å². The number of nitrogens with two attached hydrogens (primary N) is 2. The van der Waals surface area contributed by atoms with Crippen LogP contribution in [0.2, 0.25) is 0 Å². The summed E-state index contributed by atoms with van der Waals surface area (Å²) in [6.45, 7) is 1.92. The number of imidazole rings is 1. The summed E-state index contributed by atoms with van der Waals surface area (Å²) < 4.78 is 1.83. The quantitative estimate of drug-likeness (QED) is 0.602. The highest BCUT2D eigenvalue weighted by Crippen LogP contribution is 2.16. The second-order valence-electron chi connectivity index (χ2n) is 2.84. The standard InChI is InChI=1S/C8H10N4/c1-5-3-12-4-6(9)2-7(10)8(12)11-5/h2-4H,9-10H2,1H3. The van der Waals surface area contributed by atoms with Crippen LogP contribution in [0.25, 0.3) is 5.65 Å². The molecule has 0 atom stereocenters. The lowest BCUT2D eigenvalue weighted by Crippen LogP contribution is -1.95. The monoisotopic (exact) mass is 162 g/mol. The maximum atomic E-state index is 5.71. The van der Waals surface area contributed by atoms with E-state index in [1.807, 2.05) is 17.5 Å². The highest BCUT2D eigenvalue weighted by atomic mass is 15.0. The largest absolute Gasteiger partial charge is 0.397 e. The number of hydrogen-bond donors (Lipinski definition) is 2. The van der Waals surface area contributed by atoms with Gasteiger partial charge in [-0.3, -0.25) is 0 Å². The molecule has 2 rings (SSSR count). The minimum atomic E-state index is 0.614. The molecule has 0 unspecified atom stereocenters. The van der Waals surface area contributed by atoms with E-state index in [1.165, 1.54) is 0 Å². The van der Waals surface area contributed by atoms with Crippen molar-refractivity contribution in [3.05, 3.63) is 24.2 Å². The highest BCUT2D eigenvalue weighted by molar-refractivity contribution is 5.69. The Morgan fingerprint density at radius 1 is 1.33 bits per heavy atom. The minimum absolute atomic E-state index is 0.614. The molecule has 0 aliphatic heterocycles. The van der Waals surface area contributed by atoms with E-state index in [1.54, 1.807) is 12.3 Å². The predicted octanol–water partition coefficient (Wildman–Crippen LogP) is 0.807. The van der Waals surface area contributed by atoms with E-state index in [4.69, 9.17) is 11.5 Å². The third-order valence-corrected chi connectivity index (χ3v) is 1.72. The molecular weight excluding hydrogens is 152 g/mol. The van der Waals surface area contributed by atoms with E-state index in [2.05, 4.69) is 4.98 Å². The Kier molecular flexibility index (Phi) is 1.24. The summed E-state index contributed by atoms with van der Waals surface area (Å²) in [6.07, 6.45) is 3.69. The van der Waals surface area contributed by atoms with Crippen LogP contribution in [-0.4, -0.2) is 9.38 Å². The Hall–Kier alpha value is -1.71. The highest BCUT2D eigenvalue weighted by Gasteiger charge is 2.01. The molecule has 0 aliphatic carbocycles. The van der Waals surface area contributed by atoms with Gasteiger partial charge in [0.2, 0.25) is 0 Å². The fourth-order valence-corrected chi connectivity index (χ4v) is 1.27. The smallest absolute Gasteiger partial charge is 0.160 e. The van der Waals surface area contributed by atoms with Gasteiger partial charge in [-0.25, -0.2) is 4.98 Å². The lowest BCUT2D eigenvalue weighted by atomic mass is 10.4. The summed E-state index contributed by atoms with van der Waals surface area (Å²) in [5.41, 5.74) is 14.3. The molecule has 2 heterocycles. The van der Waals surface area contributed by atoms with Crippen molar-refractivity contribution in [3.63, 3.8) is 0 Å². The average Bonchev–Trinajstić information content (AvgIpc) is 2.29. The van der Waals surface area contributed by atoms with Crippen LogP contribution in [0.1, 0.15) is 5.69 Å². The Balaban J connectivity index is 2.88. The SMILES string of the molecule is Cc1cn2cc(N)cc(N)c2n1. The van der Waals surface area contributed by atoms with Crippen molar-refractivity contribution < 1.29 is 0 Å². The predicted molar refractivity (Wildman–Crippen MR) is 48.8 cm³/mol. The van der Waals surface area contributed by atoms with Gasteiger partial charge in [-0.1, -0.05) is 0 Å². The van der Waals surface area contributed by atoms with Gasteiger partial charge < -0.3 is 15.9 Å². The molecule has 0 spiro atoms. The zero-order valence-electron chi connectivity index (χ0n) is 6.78. The zero-order valence-corrected chi connectivity index (χ0v) is 6.78. The Bertz CT molecular complexity index is 430. The molecule has 62 valence electrons. The molecule has 0 aromatic carbocycles. The molecule has 2 aromatic rings. The van der Waals surface area contributed by atoms with Crippen molar-refractivity contribution in [3.8, 4) is 0 Å². The molecule has 0 bridgehead atoms. The Labute approximate surface area is 69.8 Å². The maximum absolute atomic E-state index is 5.71. The Morgan fingerprint density at radius 2 is 2.08 bits per heavy atom. The number of anilines is 2. The van der Waals surface area contributed by atoms with Crippen LogP contribution in [-0.2, 0) is 0 Å².